The predicted molar refractivity (Wildman–Crippen MR) is 119 cm³/mol. The molecule has 0 unspecified atom stereocenters. The summed E-state index contributed by atoms with van der Waals surface area (Å²) in [5.41, 5.74) is 7.07. The lowest BCUT2D eigenvalue weighted by Gasteiger charge is -2.21. The van der Waals surface area contributed by atoms with Gasteiger partial charge in [-0.3, -0.25) is 14.4 Å². The van der Waals surface area contributed by atoms with Crippen LogP contribution in [0, 0.1) is 0 Å². The molecule has 0 spiro atoms. The van der Waals surface area contributed by atoms with Crippen molar-refractivity contribution in [2.75, 3.05) is 25.1 Å². The number of carbonyl (C=O) groups is 3. The molecule has 0 aromatic heterocycles. The van der Waals surface area contributed by atoms with Crippen LogP contribution in [0.2, 0.25) is 0 Å². The number of fused-ring (bicyclic) bond motifs is 2. The van der Waals surface area contributed by atoms with Gasteiger partial charge in [0.15, 0.2) is 11.6 Å². The Balaban J connectivity index is 1.70. The normalized spacial score (nSPS) is 13.0. The zero-order chi connectivity index (χ0) is 23.2. The van der Waals surface area contributed by atoms with Gasteiger partial charge in [0.2, 0.25) is 10.0 Å². The number of sulfonamides is 1. The highest BCUT2D eigenvalue weighted by molar-refractivity contribution is 7.89. The molecule has 1 aliphatic rings. The molecule has 0 radical (unpaired) electrons. The van der Waals surface area contributed by atoms with Crippen molar-refractivity contribution in [3.8, 4) is 0 Å². The predicted octanol–water partition coefficient (Wildman–Crippen LogP) is 2.55. The Morgan fingerprint density at radius 2 is 1.41 bits per heavy atom. The van der Waals surface area contributed by atoms with Crippen LogP contribution in [0.25, 0.3) is 0 Å². The van der Waals surface area contributed by atoms with Crippen LogP contribution in [-0.4, -0.2) is 44.3 Å². The largest absolute Gasteiger partial charge is 0.398 e. The van der Waals surface area contributed by atoms with E-state index in [0.29, 0.717) is 0 Å². The Hall–Kier alpha value is -3.82. The standard InChI is InChI=1S/C23H19N3O5S/c1-26(2)32(30,31)14-9-7-13(8-10-14)23(29)25-18-12-11-17(24)19-20(18)22(28)16-6-4-3-5-15(16)21(19)27/h3-12H,24H2,1-2H3,(H,25,29). The molecule has 0 saturated heterocycles. The van der Waals surface area contributed by atoms with Gasteiger partial charge in [0.1, 0.15) is 0 Å². The lowest BCUT2D eigenvalue weighted by atomic mass is 9.82. The average molecular weight is 449 g/mol. The number of hydrogen-bond donors (Lipinski definition) is 2. The Bertz CT molecular complexity index is 1390. The van der Waals surface area contributed by atoms with Crippen molar-refractivity contribution < 1.29 is 22.8 Å². The minimum absolute atomic E-state index is 0.0360. The number of amides is 1. The van der Waals surface area contributed by atoms with E-state index in [1.54, 1.807) is 24.3 Å². The van der Waals surface area contributed by atoms with E-state index >= 15 is 0 Å². The second kappa shape index (κ2) is 7.70. The van der Waals surface area contributed by atoms with E-state index in [1.807, 2.05) is 0 Å². The summed E-state index contributed by atoms with van der Waals surface area (Å²) < 4.78 is 25.5. The lowest BCUT2D eigenvalue weighted by Crippen LogP contribution is -2.25. The highest BCUT2D eigenvalue weighted by Crippen LogP contribution is 2.35. The molecule has 9 heteroatoms. The fourth-order valence-electron chi connectivity index (χ4n) is 3.54. The van der Waals surface area contributed by atoms with Gasteiger partial charge in [-0.15, -0.1) is 0 Å². The number of nitrogen functional groups attached to an aromatic ring is 1. The number of benzene rings is 3. The molecule has 3 N–H and O–H groups in total. The third kappa shape index (κ3) is 3.37. The number of nitrogens with zero attached hydrogens (tertiary/aromatic N) is 1. The summed E-state index contributed by atoms with van der Waals surface area (Å²) in [4.78, 5) is 39.0. The summed E-state index contributed by atoms with van der Waals surface area (Å²) in [6.45, 7) is 0. The molecule has 0 saturated carbocycles. The number of nitrogens with two attached hydrogens (primary N) is 1. The minimum atomic E-state index is -3.63. The van der Waals surface area contributed by atoms with E-state index in [2.05, 4.69) is 5.32 Å². The summed E-state index contributed by atoms with van der Waals surface area (Å²) in [5.74, 6) is -1.36. The molecular weight excluding hydrogens is 430 g/mol. The van der Waals surface area contributed by atoms with E-state index in [0.717, 1.165) is 4.31 Å². The first-order valence-corrected chi connectivity index (χ1v) is 11.0. The van der Waals surface area contributed by atoms with Crippen molar-refractivity contribution in [1.82, 2.24) is 4.31 Å². The molecule has 0 fully saturated rings. The summed E-state index contributed by atoms with van der Waals surface area (Å²) >= 11 is 0. The van der Waals surface area contributed by atoms with E-state index in [1.165, 1.54) is 50.5 Å². The van der Waals surface area contributed by atoms with Crippen LogP contribution in [0.4, 0.5) is 11.4 Å². The Kier molecular flexibility index (Phi) is 5.15. The number of rotatable bonds is 4. The highest BCUT2D eigenvalue weighted by atomic mass is 32.2. The van der Waals surface area contributed by atoms with Crippen LogP contribution in [0.5, 0.6) is 0 Å². The fourth-order valence-corrected chi connectivity index (χ4v) is 4.44. The third-order valence-electron chi connectivity index (χ3n) is 5.25. The SMILES string of the molecule is CN(C)S(=O)(=O)c1ccc(C(=O)Nc2ccc(N)c3c2C(=O)c2ccccc2C3=O)cc1. The maximum absolute atomic E-state index is 13.1. The van der Waals surface area contributed by atoms with Crippen molar-refractivity contribution in [3.63, 3.8) is 0 Å². The van der Waals surface area contributed by atoms with Crippen molar-refractivity contribution in [3.05, 3.63) is 88.5 Å². The van der Waals surface area contributed by atoms with Gasteiger partial charge in [-0.1, -0.05) is 24.3 Å². The second-order valence-electron chi connectivity index (χ2n) is 7.42. The van der Waals surface area contributed by atoms with Crippen molar-refractivity contribution >= 4 is 38.9 Å². The number of ketones is 2. The van der Waals surface area contributed by atoms with E-state index in [9.17, 15) is 22.8 Å². The van der Waals surface area contributed by atoms with E-state index < -0.39 is 21.7 Å². The fraction of sp³-hybridized carbons (Fsp3) is 0.0870. The van der Waals surface area contributed by atoms with Crippen LogP contribution >= 0.6 is 0 Å². The number of carbonyl (C=O) groups excluding carboxylic acids is 3. The molecule has 0 atom stereocenters. The molecule has 1 amide bonds. The van der Waals surface area contributed by atoms with Gasteiger partial charge in [-0.25, -0.2) is 12.7 Å². The monoisotopic (exact) mass is 449 g/mol. The van der Waals surface area contributed by atoms with Gasteiger partial charge in [0, 0.05) is 36.5 Å². The molecule has 1 aliphatic carbocycles. The minimum Gasteiger partial charge on any atom is -0.398 e. The molecule has 162 valence electrons. The van der Waals surface area contributed by atoms with Gasteiger partial charge in [0.25, 0.3) is 5.91 Å². The summed E-state index contributed by atoms with van der Waals surface area (Å²) in [6, 6.07) is 14.8. The summed E-state index contributed by atoms with van der Waals surface area (Å²) in [6.07, 6.45) is 0. The van der Waals surface area contributed by atoms with Crippen LogP contribution in [0.3, 0.4) is 0 Å². The van der Waals surface area contributed by atoms with Gasteiger partial charge in [0.05, 0.1) is 21.7 Å². The van der Waals surface area contributed by atoms with Crippen molar-refractivity contribution in [1.29, 1.82) is 0 Å². The van der Waals surface area contributed by atoms with Crippen LogP contribution in [0.15, 0.2) is 65.6 Å². The summed E-state index contributed by atoms with van der Waals surface area (Å²) in [5, 5.41) is 2.65. The summed E-state index contributed by atoms with van der Waals surface area (Å²) in [7, 11) is -0.805. The number of hydrogen-bond acceptors (Lipinski definition) is 6. The Morgan fingerprint density at radius 1 is 0.844 bits per heavy atom. The second-order valence-corrected chi connectivity index (χ2v) is 9.57. The van der Waals surface area contributed by atoms with Gasteiger partial charge >= 0.3 is 0 Å². The van der Waals surface area contributed by atoms with Crippen LogP contribution in [-0.2, 0) is 10.0 Å². The highest BCUT2D eigenvalue weighted by Gasteiger charge is 2.33. The first-order chi connectivity index (χ1) is 15.1. The van der Waals surface area contributed by atoms with Crippen molar-refractivity contribution in [2.45, 2.75) is 4.90 Å². The molecule has 3 aromatic carbocycles. The molecule has 0 heterocycles. The maximum Gasteiger partial charge on any atom is 0.255 e. The molecule has 0 aliphatic heterocycles. The molecule has 3 aromatic rings. The van der Waals surface area contributed by atoms with Gasteiger partial charge < -0.3 is 11.1 Å². The smallest absolute Gasteiger partial charge is 0.255 e. The van der Waals surface area contributed by atoms with E-state index in [-0.39, 0.29) is 49.9 Å². The molecular formula is C23H19N3O5S. The first-order valence-electron chi connectivity index (χ1n) is 9.57. The quantitative estimate of drug-likeness (QED) is 0.461. The van der Waals surface area contributed by atoms with Gasteiger partial charge in [-0.05, 0) is 36.4 Å². The molecule has 32 heavy (non-hydrogen) atoms. The van der Waals surface area contributed by atoms with Crippen LogP contribution in [0.1, 0.15) is 42.2 Å². The Labute approximate surface area is 184 Å². The molecule has 0 bridgehead atoms. The number of anilines is 2. The lowest BCUT2D eigenvalue weighted by molar-refractivity contribution is 0.0979. The topological polar surface area (TPSA) is 127 Å². The number of nitrogens with one attached hydrogen (secondary N) is 1. The first kappa shape index (κ1) is 21.4. The zero-order valence-corrected chi connectivity index (χ0v) is 18.1. The Morgan fingerprint density at radius 3 is 1.97 bits per heavy atom. The maximum atomic E-state index is 13.1. The van der Waals surface area contributed by atoms with E-state index in [4.69, 9.17) is 5.73 Å². The van der Waals surface area contributed by atoms with Crippen LogP contribution < -0.4 is 11.1 Å². The molecule has 8 nitrogen and oxygen atoms in total. The zero-order valence-electron chi connectivity index (χ0n) is 17.2. The molecule has 4 rings (SSSR count). The van der Waals surface area contributed by atoms with Crippen molar-refractivity contribution in [2.24, 2.45) is 0 Å². The third-order valence-corrected chi connectivity index (χ3v) is 7.08. The van der Waals surface area contributed by atoms with Gasteiger partial charge in [-0.2, -0.15) is 0 Å². The average Bonchev–Trinajstić information content (AvgIpc) is 2.78.